The number of hydrogen-bond acceptors (Lipinski definition) is 2. The molecule has 0 aliphatic rings. The first-order valence-electron chi connectivity index (χ1n) is 7.30. The first kappa shape index (κ1) is 15.3. The van der Waals surface area contributed by atoms with Gasteiger partial charge in [0.15, 0.2) is 0 Å². The zero-order valence-electron chi connectivity index (χ0n) is 12.6. The molecule has 0 spiro atoms. The Bertz CT molecular complexity index is 797. The Morgan fingerprint density at radius 2 is 1.83 bits per heavy atom. The van der Waals surface area contributed by atoms with Crippen LogP contribution in [-0.2, 0) is 0 Å². The standard InChI is InChI=1S/C18H16ClN3O/c1-13(14-5-3-2-4-6-14)21-18(23)15-11-20-22(12-15)17-9-7-16(19)8-10-17/h2-13H,1H3,(H,21,23). The molecule has 0 saturated heterocycles. The minimum atomic E-state index is -0.151. The molecule has 23 heavy (non-hydrogen) atoms. The zero-order chi connectivity index (χ0) is 16.2. The minimum Gasteiger partial charge on any atom is -0.345 e. The van der Waals surface area contributed by atoms with Crippen molar-refractivity contribution in [3.63, 3.8) is 0 Å². The van der Waals surface area contributed by atoms with Gasteiger partial charge in [0, 0.05) is 11.2 Å². The van der Waals surface area contributed by atoms with E-state index in [1.807, 2.05) is 49.4 Å². The van der Waals surface area contributed by atoms with E-state index in [-0.39, 0.29) is 11.9 Å². The summed E-state index contributed by atoms with van der Waals surface area (Å²) in [7, 11) is 0. The lowest BCUT2D eigenvalue weighted by molar-refractivity contribution is 0.0940. The molecule has 2 aromatic carbocycles. The van der Waals surface area contributed by atoms with Crippen molar-refractivity contribution in [2.45, 2.75) is 13.0 Å². The minimum absolute atomic E-state index is 0.0671. The summed E-state index contributed by atoms with van der Waals surface area (Å²) in [6, 6.07) is 17.0. The van der Waals surface area contributed by atoms with Crippen LogP contribution >= 0.6 is 11.6 Å². The summed E-state index contributed by atoms with van der Waals surface area (Å²) in [5, 5.41) is 7.87. The second kappa shape index (κ2) is 6.67. The van der Waals surface area contributed by atoms with E-state index in [4.69, 9.17) is 11.6 Å². The summed E-state index contributed by atoms with van der Waals surface area (Å²) in [6.45, 7) is 1.96. The van der Waals surface area contributed by atoms with Crippen molar-refractivity contribution in [2.24, 2.45) is 0 Å². The second-order valence-electron chi connectivity index (χ2n) is 5.26. The number of hydrogen-bond donors (Lipinski definition) is 1. The molecule has 1 heterocycles. The Morgan fingerprint density at radius 1 is 1.13 bits per heavy atom. The number of nitrogens with zero attached hydrogens (tertiary/aromatic N) is 2. The lowest BCUT2D eigenvalue weighted by Crippen LogP contribution is -2.26. The van der Waals surface area contributed by atoms with Gasteiger partial charge in [0.1, 0.15) is 0 Å². The first-order valence-corrected chi connectivity index (χ1v) is 7.68. The van der Waals surface area contributed by atoms with Gasteiger partial charge in [-0.25, -0.2) is 4.68 Å². The van der Waals surface area contributed by atoms with E-state index in [0.717, 1.165) is 11.3 Å². The molecule has 1 aromatic heterocycles. The van der Waals surface area contributed by atoms with E-state index < -0.39 is 0 Å². The fourth-order valence-electron chi connectivity index (χ4n) is 2.28. The van der Waals surface area contributed by atoms with Gasteiger partial charge in [0.2, 0.25) is 0 Å². The van der Waals surface area contributed by atoms with Gasteiger partial charge in [0.25, 0.3) is 5.91 Å². The molecule has 3 rings (SSSR count). The molecular weight excluding hydrogens is 310 g/mol. The number of amides is 1. The summed E-state index contributed by atoms with van der Waals surface area (Å²) in [5.41, 5.74) is 2.43. The fraction of sp³-hybridized carbons (Fsp3) is 0.111. The second-order valence-corrected chi connectivity index (χ2v) is 5.69. The van der Waals surface area contributed by atoms with E-state index in [0.29, 0.717) is 10.6 Å². The molecular formula is C18H16ClN3O. The van der Waals surface area contributed by atoms with E-state index in [1.165, 1.54) is 0 Å². The number of halogens is 1. The Hall–Kier alpha value is -2.59. The molecule has 1 N–H and O–H groups in total. The zero-order valence-corrected chi connectivity index (χ0v) is 13.4. The van der Waals surface area contributed by atoms with Crippen molar-refractivity contribution in [3.8, 4) is 5.69 Å². The third-order valence-corrected chi connectivity index (χ3v) is 3.84. The molecule has 0 radical (unpaired) electrons. The molecule has 1 amide bonds. The maximum absolute atomic E-state index is 12.3. The lowest BCUT2D eigenvalue weighted by atomic mass is 10.1. The Labute approximate surface area is 139 Å². The third-order valence-electron chi connectivity index (χ3n) is 3.58. The van der Waals surface area contributed by atoms with Crippen molar-refractivity contribution in [2.75, 3.05) is 0 Å². The van der Waals surface area contributed by atoms with Crippen LogP contribution in [0.5, 0.6) is 0 Å². The smallest absolute Gasteiger partial charge is 0.254 e. The number of rotatable bonds is 4. The maximum Gasteiger partial charge on any atom is 0.254 e. The normalized spacial score (nSPS) is 11.9. The van der Waals surface area contributed by atoms with Gasteiger partial charge in [-0.15, -0.1) is 0 Å². The summed E-state index contributed by atoms with van der Waals surface area (Å²) in [4.78, 5) is 12.3. The van der Waals surface area contributed by atoms with Crippen LogP contribution in [0.2, 0.25) is 5.02 Å². The van der Waals surface area contributed by atoms with E-state index in [9.17, 15) is 4.79 Å². The highest BCUT2D eigenvalue weighted by Crippen LogP contribution is 2.15. The highest BCUT2D eigenvalue weighted by molar-refractivity contribution is 6.30. The molecule has 3 aromatic rings. The maximum atomic E-state index is 12.3. The molecule has 0 fully saturated rings. The van der Waals surface area contributed by atoms with Gasteiger partial charge < -0.3 is 5.32 Å². The average molecular weight is 326 g/mol. The number of carbonyl (C=O) groups excluding carboxylic acids is 1. The Morgan fingerprint density at radius 3 is 2.52 bits per heavy atom. The molecule has 5 heteroatoms. The van der Waals surface area contributed by atoms with Crippen LogP contribution in [0.3, 0.4) is 0 Å². The van der Waals surface area contributed by atoms with Crippen LogP contribution in [0.25, 0.3) is 5.69 Å². The van der Waals surface area contributed by atoms with Crippen molar-refractivity contribution in [1.29, 1.82) is 0 Å². The molecule has 0 bridgehead atoms. The lowest BCUT2D eigenvalue weighted by Gasteiger charge is -2.13. The largest absolute Gasteiger partial charge is 0.345 e. The van der Waals surface area contributed by atoms with E-state index in [1.54, 1.807) is 29.2 Å². The molecule has 1 unspecified atom stereocenters. The van der Waals surface area contributed by atoms with E-state index >= 15 is 0 Å². The van der Waals surface area contributed by atoms with Gasteiger partial charge >= 0.3 is 0 Å². The van der Waals surface area contributed by atoms with Gasteiger partial charge in [-0.1, -0.05) is 41.9 Å². The molecule has 4 nitrogen and oxygen atoms in total. The van der Waals surface area contributed by atoms with Gasteiger partial charge in [0.05, 0.1) is 23.5 Å². The first-order chi connectivity index (χ1) is 11.1. The highest BCUT2D eigenvalue weighted by atomic mass is 35.5. The molecule has 0 saturated carbocycles. The SMILES string of the molecule is CC(NC(=O)c1cnn(-c2ccc(Cl)cc2)c1)c1ccccc1. The van der Waals surface area contributed by atoms with Crippen LogP contribution in [0.4, 0.5) is 0 Å². The van der Waals surface area contributed by atoms with Gasteiger partial charge in [-0.05, 0) is 36.8 Å². The predicted molar refractivity (Wildman–Crippen MR) is 90.9 cm³/mol. The van der Waals surface area contributed by atoms with Crippen molar-refractivity contribution in [3.05, 3.63) is 83.1 Å². The van der Waals surface area contributed by atoms with Crippen molar-refractivity contribution in [1.82, 2.24) is 15.1 Å². The van der Waals surface area contributed by atoms with Gasteiger partial charge in [-0.3, -0.25) is 4.79 Å². The number of nitrogens with one attached hydrogen (secondary N) is 1. The topological polar surface area (TPSA) is 46.9 Å². The molecule has 116 valence electrons. The molecule has 1 atom stereocenters. The summed E-state index contributed by atoms with van der Waals surface area (Å²) < 4.78 is 1.65. The van der Waals surface area contributed by atoms with Crippen LogP contribution < -0.4 is 5.32 Å². The summed E-state index contributed by atoms with van der Waals surface area (Å²) >= 11 is 5.88. The van der Waals surface area contributed by atoms with Crippen molar-refractivity contribution < 1.29 is 4.79 Å². The third kappa shape index (κ3) is 3.60. The summed E-state index contributed by atoms with van der Waals surface area (Å²) in [5.74, 6) is -0.151. The number of benzene rings is 2. The number of carbonyl (C=O) groups is 1. The molecule has 0 aliphatic carbocycles. The van der Waals surface area contributed by atoms with Gasteiger partial charge in [-0.2, -0.15) is 5.10 Å². The number of aromatic nitrogens is 2. The van der Waals surface area contributed by atoms with Crippen molar-refractivity contribution >= 4 is 17.5 Å². The average Bonchev–Trinajstić information content (AvgIpc) is 3.06. The predicted octanol–water partition coefficient (Wildman–Crippen LogP) is 4.02. The highest BCUT2D eigenvalue weighted by Gasteiger charge is 2.13. The molecule has 0 aliphatic heterocycles. The Balaban J connectivity index is 1.72. The summed E-state index contributed by atoms with van der Waals surface area (Å²) in [6.07, 6.45) is 3.26. The van der Waals surface area contributed by atoms with E-state index in [2.05, 4.69) is 10.4 Å². The fourth-order valence-corrected chi connectivity index (χ4v) is 2.41. The van der Waals surface area contributed by atoms with Crippen LogP contribution in [0.15, 0.2) is 67.0 Å². The van der Waals surface area contributed by atoms with Crippen LogP contribution in [-0.4, -0.2) is 15.7 Å². The van der Waals surface area contributed by atoms with Crippen LogP contribution in [0.1, 0.15) is 28.9 Å². The monoisotopic (exact) mass is 325 g/mol. The quantitative estimate of drug-likeness (QED) is 0.787. The Kier molecular flexibility index (Phi) is 4.44. The van der Waals surface area contributed by atoms with Crippen LogP contribution in [0, 0.1) is 0 Å².